The maximum Gasteiger partial charge on any atom is 0.283 e. The molecule has 0 aromatic carbocycles. The van der Waals surface area contributed by atoms with Crippen molar-refractivity contribution in [2.75, 3.05) is 23.9 Å². The van der Waals surface area contributed by atoms with Gasteiger partial charge in [-0.25, -0.2) is 4.68 Å². The summed E-state index contributed by atoms with van der Waals surface area (Å²) in [6.07, 6.45) is 7.41. The molecule has 4 nitrogen and oxygen atoms in total. The van der Waals surface area contributed by atoms with E-state index in [1.807, 2.05) is 18.7 Å². The number of hydrogen-bond acceptors (Lipinski definition) is 4. The number of rotatable bonds is 8. The van der Waals surface area contributed by atoms with E-state index in [9.17, 15) is 4.79 Å². The van der Waals surface area contributed by atoms with Gasteiger partial charge in [-0.1, -0.05) is 6.42 Å². The third-order valence-corrected chi connectivity index (χ3v) is 4.09. The molecule has 0 bridgehead atoms. The van der Waals surface area contributed by atoms with Crippen LogP contribution in [0, 0.1) is 0 Å². The Morgan fingerprint density at radius 2 is 2.22 bits per heavy atom. The highest BCUT2D eigenvalue weighted by Crippen LogP contribution is 2.16. The van der Waals surface area contributed by atoms with Crippen molar-refractivity contribution in [3.05, 3.63) is 21.0 Å². The second-order valence-corrected chi connectivity index (χ2v) is 5.75. The number of aryl methyl sites for hydroxylation is 1. The average Bonchev–Trinajstić information content (AvgIpc) is 2.38. The molecule has 1 N–H and O–H groups in total. The first kappa shape index (κ1) is 15.6. The number of hydrogen-bond donors (Lipinski definition) is 1. The van der Waals surface area contributed by atoms with E-state index in [1.165, 1.54) is 23.3 Å². The van der Waals surface area contributed by atoms with Crippen molar-refractivity contribution < 1.29 is 0 Å². The summed E-state index contributed by atoms with van der Waals surface area (Å²) < 4.78 is 2.01. The Hall–Kier alpha value is -0.490. The van der Waals surface area contributed by atoms with E-state index in [2.05, 4.69) is 32.6 Å². The quantitative estimate of drug-likeness (QED) is 0.743. The molecule has 0 saturated heterocycles. The largest absolute Gasteiger partial charge is 0.383 e. The SMILES string of the molecule is CCn1ncc(NCCCCCSC)c(Br)c1=O. The van der Waals surface area contributed by atoms with Crippen LogP contribution in [0.25, 0.3) is 0 Å². The van der Waals surface area contributed by atoms with Crippen molar-refractivity contribution in [1.82, 2.24) is 9.78 Å². The van der Waals surface area contributed by atoms with Gasteiger partial charge in [0.2, 0.25) is 0 Å². The van der Waals surface area contributed by atoms with Gasteiger partial charge in [0.1, 0.15) is 4.47 Å². The summed E-state index contributed by atoms with van der Waals surface area (Å²) in [5.41, 5.74) is 0.708. The highest BCUT2D eigenvalue weighted by atomic mass is 79.9. The topological polar surface area (TPSA) is 46.9 Å². The predicted octanol–water partition coefficient (Wildman–Crippen LogP) is 2.97. The third-order valence-electron chi connectivity index (χ3n) is 2.63. The smallest absolute Gasteiger partial charge is 0.283 e. The second-order valence-electron chi connectivity index (χ2n) is 3.97. The minimum absolute atomic E-state index is 0.0788. The van der Waals surface area contributed by atoms with Gasteiger partial charge in [0.15, 0.2) is 0 Å². The molecule has 0 aliphatic rings. The van der Waals surface area contributed by atoms with Gasteiger partial charge < -0.3 is 5.32 Å². The van der Waals surface area contributed by atoms with Crippen LogP contribution in [0.15, 0.2) is 15.5 Å². The van der Waals surface area contributed by atoms with Gasteiger partial charge in [-0.3, -0.25) is 4.79 Å². The summed E-state index contributed by atoms with van der Waals surface area (Å²) in [4.78, 5) is 11.8. The zero-order valence-electron chi connectivity index (χ0n) is 10.9. The van der Waals surface area contributed by atoms with E-state index < -0.39 is 0 Å². The molecule has 1 aromatic heterocycles. The molecule has 6 heteroatoms. The number of thioether (sulfide) groups is 1. The van der Waals surface area contributed by atoms with Crippen LogP contribution in [-0.4, -0.2) is 28.3 Å². The van der Waals surface area contributed by atoms with Gasteiger partial charge in [-0.05, 0) is 47.7 Å². The molecule has 1 rings (SSSR count). The van der Waals surface area contributed by atoms with Gasteiger partial charge in [0, 0.05) is 13.1 Å². The molecule has 102 valence electrons. The molecule has 0 saturated carbocycles. The lowest BCUT2D eigenvalue weighted by Crippen LogP contribution is -2.23. The highest BCUT2D eigenvalue weighted by Gasteiger charge is 2.06. The summed E-state index contributed by atoms with van der Waals surface area (Å²) in [7, 11) is 0. The zero-order chi connectivity index (χ0) is 13.4. The summed E-state index contributed by atoms with van der Waals surface area (Å²) in [6, 6.07) is 0. The Morgan fingerprint density at radius 3 is 2.89 bits per heavy atom. The van der Waals surface area contributed by atoms with Crippen LogP contribution < -0.4 is 10.9 Å². The van der Waals surface area contributed by atoms with E-state index in [1.54, 1.807) is 6.20 Å². The Bertz CT molecular complexity index is 422. The van der Waals surface area contributed by atoms with Crippen LogP contribution in [0.1, 0.15) is 26.2 Å². The number of nitrogens with one attached hydrogen (secondary N) is 1. The van der Waals surface area contributed by atoms with E-state index in [0.717, 1.165) is 18.7 Å². The Kier molecular flexibility index (Phi) is 7.42. The molecule has 0 amide bonds. The summed E-state index contributed by atoms with van der Waals surface area (Å²) >= 11 is 5.21. The minimum Gasteiger partial charge on any atom is -0.383 e. The van der Waals surface area contributed by atoms with Crippen molar-refractivity contribution in [1.29, 1.82) is 0 Å². The number of halogens is 1. The van der Waals surface area contributed by atoms with Crippen molar-refractivity contribution in [3.8, 4) is 0 Å². The first-order valence-corrected chi connectivity index (χ1v) is 8.37. The zero-order valence-corrected chi connectivity index (χ0v) is 13.3. The number of aromatic nitrogens is 2. The lowest BCUT2D eigenvalue weighted by atomic mass is 10.2. The molecule has 0 radical (unpaired) electrons. The van der Waals surface area contributed by atoms with Crippen LogP contribution in [-0.2, 0) is 6.54 Å². The van der Waals surface area contributed by atoms with Crippen LogP contribution in [0.5, 0.6) is 0 Å². The molecule has 0 aliphatic heterocycles. The van der Waals surface area contributed by atoms with Gasteiger partial charge >= 0.3 is 0 Å². The monoisotopic (exact) mass is 333 g/mol. The number of nitrogens with zero attached hydrogens (tertiary/aromatic N) is 2. The van der Waals surface area contributed by atoms with Crippen molar-refractivity contribution in [2.45, 2.75) is 32.7 Å². The molecule has 0 unspecified atom stereocenters. The first-order chi connectivity index (χ1) is 8.70. The fourth-order valence-corrected chi connectivity index (χ4v) is 2.52. The molecular formula is C12H20BrN3OS. The highest BCUT2D eigenvalue weighted by molar-refractivity contribution is 9.10. The van der Waals surface area contributed by atoms with Gasteiger partial charge in [-0.2, -0.15) is 16.9 Å². The van der Waals surface area contributed by atoms with Gasteiger partial charge in [0.05, 0.1) is 11.9 Å². The van der Waals surface area contributed by atoms with E-state index >= 15 is 0 Å². The second kappa shape index (κ2) is 8.58. The standard InChI is InChI=1S/C12H20BrN3OS/c1-3-16-12(17)11(13)10(9-15-16)14-7-5-4-6-8-18-2/h9,14H,3-8H2,1-2H3. The molecule has 1 aromatic rings. The lowest BCUT2D eigenvalue weighted by molar-refractivity contribution is 0.612. The molecule has 0 aliphatic carbocycles. The van der Waals surface area contributed by atoms with Crippen LogP contribution in [0.2, 0.25) is 0 Å². The number of unbranched alkanes of at least 4 members (excludes halogenated alkanes) is 2. The van der Waals surface area contributed by atoms with E-state index in [-0.39, 0.29) is 5.56 Å². The first-order valence-electron chi connectivity index (χ1n) is 6.19. The van der Waals surface area contributed by atoms with E-state index in [4.69, 9.17) is 0 Å². The lowest BCUT2D eigenvalue weighted by Gasteiger charge is -2.09. The molecule has 0 atom stereocenters. The fourth-order valence-electron chi connectivity index (χ4n) is 1.58. The van der Waals surface area contributed by atoms with Crippen molar-refractivity contribution in [3.63, 3.8) is 0 Å². The molecule has 0 spiro atoms. The predicted molar refractivity (Wildman–Crippen MR) is 82.6 cm³/mol. The Labute approximate surface area is 121 Å². The van der Waals surface area contributed by atoms with Gasteiger partial charge in [0.25, 0.3) is 5.56 Å². The summed E-state index contributed by atoms with van der Waals surface area (Å²) in [5.74, 6) is 1.22. The molecule has 0 fully saturated rings. The maximum absolute atomic E-state index is 11.8. The van der Waals surface area contributed by atoms with Crippen LogP contribution >= 0.6 is 27.7 Å². The normalized spacial score (nSPS) is 10.6. The molecule has 1 heterocycles. The van der Waals surface area contributed by atoms with Crippen molar-refractivity contribution >= 4 is 33.4 Å². The number of anilines is 1. The fraction of sp³-hybridized carbons (Fsp3) is 0.667. The van der Waals surface area contributed by atoms with E-state index in [0.29, 0.717) is 11.0 Å². The van der Waals surface area contributed by atoms with Crippen LogP contribution in [0.3, 0.4) is 0 Å². The third kappa shape index (κ3) is 4.65. The maximum atomic E-state index is 11.8. The van der Waals surface area contributed by atoms with Gasteiger partial charge in [-0.15, -0.1) is 0 Å². The molecule has 18 heavy (non-hydrogen) atoms. The molecular weight excluding hydrogens is 314 g/mol. The Balaban J connectivity index is 2.43. The summed E-state index contributed by atoms with van der Waals surface area (Å²) in [6.45, 7) is 3.37. The van der Waals surface area contributed by atoms with Crippen molar-refractivity contribution in [2.24, 2.45) is 0 Å². The van der Waals surface area contributed by atoms with Crippen LogP contribution in [0.4, 0.5) is 5.69 Å². The average molecular weight is 334 g/mol. The summed E-state index contributed by atoms with van der Waals surface area (Å²) in [5, 5.41) is 7.35. The minimum atomic E-state index is -0.0788. The Morgan fingerprint density at radius 1 is 1.44 bits per heavy atom.